The first kappa shape index (κ1) is 20.0. The molecule has 0 atom stereocenters. The summed E-state index contributed by atoms with van der Waals surface area (Å²) in [4.78, 5) is 0. The Balaban J connectivity index is 4.74. The van der Waals surface area contributed by atoms with E-state index in [1.54, 1.807) is 0 Å². The van der Waals surface area contributed by atoms with Crippen molar-refractivity contribution >= 4 is 0 Å². The summed E-state index contributed by atoms with van der Waals surface area (Å²) in [6.07, 6.45) is 10.9. The van der Waals surface area contributed by atoms with Crippen molar-refractivity contribution in [3.8, 4) is 0 Å². The van der Waals surface area contributed by atoms with E-state index in [2.05, 4.69) is 41.5 Å². The number of hydrogen-bond donors (Lipinski definition) is 1. The highest BCUT2D eigenvalue weighted by molar-refractivity contribution is 4.81. The van der Waals surface area contributed by atoms with E-state index in [0.717, 1.165) is 24.3 Å². The average molecular weight is 284 g/mol. The molecule has 0 aliphatic heterocycles. The lowest BCUT2D eigenvalue weighted by Crippen LogP contribution is -2.24. The molecule has 0 bridgehead atoms. The summed E-state index contributed by atoms with van der Waals surface area (Å²) in [5.41, 5.74) is 6.37. The van der Waals surface area contributed by atoms with Gasteiger partial charge in [-0.3, -0.25) is 0 Å². The lowest BCUT2D eigenvalue weighted by atomic mass is 9.69. The zero-order valence-electron chi connectivity index (χ0n) is 15.2. The Morgan fingerprint density at radius 1 is 0.650 bits per heavy atom. The third-order valence-electron chi connectivity index (χ3n) is 4.67. The molecule has 0 aromatic carbocycles. The minimum Gasteiger partial charge on any atom is -0.330 e. The Kier molecular flexibility index (Phi) is 10.6. The van der Waals surface area contributed by atoms with Crippen LogP contribution >= 0.6 is 0 Å². The van der Waals surface area contributed by atoms with E-state index in [0.29, 0.717) is 5.41 Å². The molecule has 0 spiro atoms. The second-order valence-corrected chi connectivity index (χ2v) is 8.19. The van der Waals surface area contributed by atoms with Gasteiger partial charge in [-0.1, -0.05) is 60.8 Å². The zero-order chi connectivity index (χ0) is 15.6. The first-order valence-corrected chi connectivity index (χ1v) is 9.01. The first-order valence-electron chi connectivity index (χ1n) is 9.01. The standard InChI is InChI=1S/C19H41N/c1-16(2)8-12-19(11-7-15-20,13-9-17(3)4)14-10-18(5)6/h16-18H,7-15,20H2,1-6H3. The molecule has 0 saturated heterocycles. The fourth-order valence-corrected chi connectivity index (χ4v) is 3.01. The van der Waals surface area contributed by atoms with Crippen LogP contribution < -0.4 is 5.73 Å². The third-order valence-corrected chi connectivity index (χ3v) is 4.67. The van der Waals surface area contributed by atoms with Crippen LogP contribution in [0, 0.1) is 23.2 Å². The highest BCUT2D eigenvalue weighted by Crippen LogP contribution is 2.42. The van der Waals surface area contributed by atoms with Crippen LogP contribution in [-0.4, -0.2) is 6.54 Å². The van der Waals surface area contributed by atoms with Crippen LogP contribution in [0.3, 0.4) is 0 Å². The van der Waals surface area contributed by atoms with Gasteiger partial charge in [-0.2, -0.15) is 0 Å². The number of rotatable bonds is 12. The first-order chi connectivity index (χ1) is 9.31. The summed E-state index contributed by atoms with van der Waals surface area (Å²) in [5, 5.41) is 0. The van der Waals surface area contributed by atoms with Crippen molar-refractivity contribution in [2.24, 2.45) is 28.9 Å². The number of nitrogens with two attached hydrogens (primary N) is 1. The van der Waals surface area contributed by atoms with Crippen molar-refractivity contribution in [3.63, 3.8) is 0 Å². The molecule has 0 aromatic heterocycles. The van der Waals surface area contributed by atoms with Crippen molar-refractivity contribution in [1.29, 1.82) is 0 Å². The van der Waals surface area contributed by atoms with Gasteiger partial charge < -0.3 is 5.73 Å². The smallest absolute Gasteiger partial charge is 0.00771 e. The second-order valence-electron chi connectivity index (χ2n) is 8.19. The molecule has 0 saturated carbocycles. The fraction of sp³-hybridized carbons (Fsp3) is 1.00. The summed E-state index contributed by atoms with van der Waals surface area (Å²) < 4.78 is 0. The van der Waals surface area contributed by atoms with Gasteiger partial charge >= 0.3 is 0 Å². The molecule has 0 heterocycles. The average Bonchev–Trinajstić information content (AvgIpc) is 2.36. The molecule has 122 valence electrons. The SMILES string of the molecule is CC(C)CCC(CCCN)(CCC(C)C)CCC(C)C. The molecule has 1 nitrogen and oxygen atoms in total. The highest BCUT2D eigenvalue weighted by atomic mass is 14.5. The molecule has 0 aromatic rings. The van der Waals surface area contributed by atoms with E-state index in [1.807, 2.05) is 0 Å². The molecule has 2 N–H and O–H groups in total. The Morgan fingerprint density at radius 3 is 1.25 bits per heavy atom. The van der Waals surface area contributed by atoms with Crippen molar-refractivity contribution in [3.05, 3.63) is 0 Å². The van der Waals surface area contributed by atoms with Crippen LogP contribution in [0.25, 0.3) is 0 Å². The molecule has 0 aliphatic carbocycles. The van der Waals surface area contributed by atoms with E-state index >= 15 is 0 Å². The minimum atomic E-state index is 0.568. The van der Waals surface area contributed by atoms with Crippen LogP contribution in [0.15, 0.2) is 0 Å². The summed E-state index contributed by atoms with van der Waals surface area (Å²) >= 11 is 0. The molecular weight excluding hydrogens is 242 g/mol. The summed E-state index contributed by atoms with van der Waals surface area (Å²) in [7, 11) is 0. The van der Waals surface area contributed by atoms with Crippen LogP contribution in [0.1, 0.15) is 92.9 Å². The zero-order valence-corrected chi connectivity index (χ0v) is 15.2. The predicted molar refractivity (Wildman–Crippen MR) is 92.9 cm³/mol. The Hall–Kier alpha value is -0.0400. The molecule has 0 amide bonds. The minimum absolute atomic E-state index is 0.568. The molecule has 0 radical (unpaired) electrons. The molecular formula is C19H41N. The van der Waals surface area contributed by atoms with Crippen molar-refractivity contribution in [1.82, 2.24) is 0 Å². The van der Waals surface area contributed by atoms with E-state index in [9.17, 15) is 0 Å². The van der Waals surface area contributed by atoms with Gasteiger partial charge in [0, 0.05) is 0 Å². The van der Waals surface area contributed by atoms with Crippen LogP contribution in [0.4, 0.5) is 0 Å². The summed E-state index contributed by atoms with van der Waals surface area (Å²) in [6, 6.07) is 0. The summed E-state index contributed by atoms with van der Waals surface area (Å²) in [5.74, 6) is 2.47. The monoisotopic (exact) mass is 283 g/mol. The maximum absolute atomic E-state index is 5.80. The topological polar surface area (TPSA) is 26.0 Å². The number of hydrogen-bond acceptors (Lipinski definition) is 1. The van der Waals surface area contributed by atoms with Crippen molar-refractivity contribution < 1.29 is 0 Å². The molecule has 1 heteroatoms. The van der Waals surface area contributed by atoms with E-state index in [1.165, 1.54) is 51.4 Å². The lowest BCUT2D eigenvalue weighted by molar-refractivity contribution is 0.158. The van der Waals surface area contributed by atoms with E-state index < -0.39 is 0 Å². The molecule has 0 fully saturated rings. The predicted octanol–water partition coefficient (Wildman–Crippen LogP) is 6.02. The maximum atomic E-state index is 5.80. The Bertz CT molecular complexity index is 187. The summed E-state index contributed by atoms with van der Waals surface area (Å²) in [6.45, 7) is 15.0. The lowest BCUT2D eigenvalue weighted by Gasteiger charge is -2.36. The quantitative estimate of drug-likeness (QED) is 0.465. The van der Waals surface area contributed by atoms with E-state index in [4.69, 9.17) is 5.73 Å². The van der Waals surface area contributed by atoms with Gasteiger partial charge in [0.15, 0.2) is 0 Å². The Morgan fingerprint density at radius 2 is 1.00 bits per heavy atom. The van der Waals surface area contributed by atoms with Gasteiger partial charge in [-0.25, -0.2) is 0 Å². The van der Waals surface area contributed by atoms with Gasteiger partial charge in [0.25, 0.3) is 0 Å². The van der Waals surface area contributed by atoms with Gasteiger partial charge in [-0.15, -0.1) is 0 Å². The highest BCUT2D eigenvalue weighted by Gasteiger charge is 2.29. The third kappa shape index (κ3) is 9.80. The largest absolute Gasteiger partial charge is 0.330 e. The molecule has 0 unspecified atom stereocenters. The van der Waals surface area contributed by atoms with E-state index in [-0.39, 0.29) is 0 Å². The normalized spacial score (nSPS) is 12.9. The maximum Gasteiger partial charge on any atom is -0.00771 e. The fourth-order valence-electron chi connectivity index (χ4n) is 3.01. The van der Waals surface area contributed by atoms with Crippen LogP contribution in [-0.2, 0) is 0 Å². The Labute approximate surface area is 129 Å². The van der Waals surface area contributed by atoms with Gasteiger partial charge in [0.1, 0.15) is 0 Å². The van der Waals surface area contributed by atoms with Gasteiger partial charge in [0.05, 0.1) is 0 Å². The van der Waals surface area contributed by atoms with Crippen molar-refractivity contribution in [2.45, 2.75) is 92.9 Å². The molecule has 20 heavy (non-hydrogen) atoms. The van der Waals surface area contributed by atoms with Crippen LogP contribution in [0.5, 0.6) is 0 Å². The van der Waals surface area contributed by atoms with Gasteiger partial charge in [-0.05, 0) is 61.8 Å². The second kappa shape index (κ2) is 10.7. The van der Waals surface area contributed by atoms with Gasteiger partial charge in [0.2, 0.25) is 0 Å². The van der Waals surface area contributed by atoms with Crippen molar-refractivity contribution in [2.75, 3.05) is 6.54 Å². The molecule has 0 rings (SSSR count). The molecule has 0 aliphatic rings. The van der Waals surface area contributed by atoms with Crippen LogP contribution in [0.2, 0.25) is 0 Å².